The van der Waals surface area contributed by atoms with Gasteiger partial charge in [-0.25, -0.2) is 9.59 Å². The number of nitrogens with one attached hydrogen (secondary N) is 1. The van der Waals surface area contributed by atoms with E-state index in [1.54, 1.807) is 18.2 Å². The van der Waals surface area contributed by atoms with Crippen LogP contribution in [-0.4, -0.2) is 64.6 Å². The van der Waals surface area contributed by atoms with Crippen molar-refractivity contribution in [2.45, 2.75) is 31.0 Å². The van der Waals surface area contributed by atoms with Crippen molar-refractivity contribution in [2.24, 2.45) is 0 Å². The maximum atomic E-state index is 14.5. The van der Waals surface area contributed by atoms with Crippen molar-refractivity contribution in [1.82, 2.24) is 9.55 Å². The van der Waals surface area contributed by atoms with E-state index in [0.717, 1.165) is 22.3 Å². The van der Waals surface area contributed by atoms with E-state index >= 15 is 0 Å². The summed E-state index contributed by atoms with van der Waals surface area (Å²) in [6.45, 7) is -1.26. The Morgan fingerprint density at radius 2 is 2.08 bits per heavy atom. The average Bonchev–Trinajstić information content (AvgIpc) is 3.38. The number of ether oxygens (including phenoxy) is 4. The van der Waals surface area contributed by atoms with Crippen LogP contribution < -0.4 is 25.4 Å². The molecule has 0 aliphatic carbocycles. The second-order valence-electron chi connectivity index (χ2n) is 8.08. The van der Waals surface area contributed by atoms with Crippen LogP contribution in [0.4, 0.5) is 19.4 Å². The topological polar surface area (TPSA) is 191 Å². The molecular formula is C21H21F2N3O11PS-. The summed E-state index contributed by atoms with van der Waals surface area (Å²) in [5, 5.41) is 12.8. The highest BCUT2D eigenvalue weighted by Crippen LogP contribution is 2.43. The molecule has 18 heteroatoms. The summed E-state index contributed by atoms with van der Waals surface area (Å²) in [7, 11) is -2.25. The van der Waals surface area contributed by atoms with Crippen LogP contribution in [0.1, 0.15) is 11.1 Å². The van der Waals surface area contributed by atoms with Crippen molar-refractivity contribution in [3.05, 3.63) is 45.8 Å². The number of halogens is 2. The molecule has 4 rings (SSSR count). The second kappa shape index (κ2) is 11.1. The molecule has 212 valence electrons. The summed E-state index contributed by atoms with van der Waals surface area (Å²) in [5.74, 6) is -3.22. The first-order chi connectivity index (χ1) is 18.3. The SMILES string of the molecule is COc1cc(OC)c2sc(COC(=O)Nc3ccn([C@@H]4O[C@H](COP(=O)([O-])O)[C@@H](O)C4(F)F)c(=O)n3)cc2c1. The van der Waals surface area contributed by atoms with Gasteiger partial charge < -0.3 is 38.4 Å². The van der Waals surface area contributed by atoms with E-state index in [1.807, 2.05) is 0 Å². The van der Waals surface area contributed by atoms with E-state index in [4.69, 9.17) is 23.8 Å². The molecular weight excluding hydrogens is 571 g/mol. The standard InChI is InChI=1S/C21H22F2N3O11PS/c1-33-11-5-10-6-12(39-16(10)13(7-11)34-2)8-35-20(29)25-15-3-4-26(19(28)24-15)18-21(22,23)17(27)14(37-18)9-36-38(30,31)32/h3-7,14,17-18,27H,8-9H2,1-2H3,(H2,30,31,32)(H,24,25,28,29)/p-1/t14-,17-,18-/m1/s1. The van der Waals surface area contributed by atoms with Gasteiger partial charge in [-0.3, -0.25) is 14.4 Å². The van der Waals surface area contributed by atoms with Crippen molar-refractivity contribution in [3.63, 3.8) is 0 Å². The molecule has 0 saturated carbocycles. The van der Waals surface area contributed by atoms with E-state index in [2.05, 4.69) is 14.8 Å². The Morgan fingerprint density at radius 1 is 1.33 bits per heavy atom. The number of amides is 1. The lowest BCUT2D eigenvalue weighted by Gasteiger charge is -2.21. The third-order valence-corrected chi connectivity index (χ3v) is 7.12. The number of thiophene rings is 1. The molecule has 0 radical (unpaired) electrons. The largest absolute Gasteiger partial charge is 0.756 e. The van der Waals surface area contributed by atoms with Gasteiger partial charge in [0.15, 0.2) is 6.10 Å². The molecule has 1 amide bonds. The molecule has 39 heavy (non-hydrogen) atoms. The van der Waals surface area contributed by atoms with Gasteiger partial charge in [0.1, 0.15) is 30.0 Å². The van der Waals surface area contributed by atoms with E-state index < -0.39 is 50.6 Å². The zero-order chi connectivity index (χ0) is 28.5. The monoisotopic (exact) mass is 592 g/mol. The highest BCUT2D eigenvalue weighted by Gasteiger charge is 2.59. The zero-order valence-electron chi connectivity index (χ0n) is 20.1. The number of methoxy groups -OCH3 is 2. The van der Waals surface area contributed by atoms with Crippen LogP contribution in [0.15, 0.2) is 35.3 Å². The molecule has 2 aromatic heterocycles. The number of fused-ring (bicyclic) bond motifs is 1. The van der Waals surface area contributed by atoms with Crippen LogP contribution in [0.25, 0.3) is 10.1 Å². The molecule has 1 aliphatic rings. The highest BCUT2D eigenvalue weighted by molar-refractivity contribution is 7.44. The molecule has 1 aliphatic heterocycles. The Labute approximate surface area is 221 Å². The lowest BCUT2D eigenvalue weighted by Crippen LogP contribution is -2.42. The number of phosphoric ester groups is 1. The van der Waals surface area contributed by atoms with Crippen molar-refractivity contribution < 1.29 is 56.5 Å². The number of aromatic nitrogens is 2. The first-order valence-corrected chi connectivity index (χ1v) is 13.2. The Bertz CT molecular complexity index is 1480. The second-order valence-corrected chi connectivity index (χ2v) is 10.4. The number of alkyl halides is 2. The van der Waals surface area contributed by atoms with Gasteiger partial charge in [0.05, 0.1) is 25.5 Å². The van der Waals surface area contributed by atoms with Crippen LogP contribution in [-0.2, 0) is 25.2 Å². The van der Waals surface area contributed by atoms with Gasteiger partial charge in [0.25, 0.3) is 7.82 Å². The van der Waals surface area contributed by atoms with Crippen LogP contribution in [0.3, 0.4) is 0 Å². The molecule has 1 aromatic carbocycles. The Hall–Kier alpha value is -3.18. The number of aliphatic hydroxyl groups is 1. The van der Waals surface area contributed by atoms with Gasteiger partial charge in [-0.2, -0.15) is 13.8 Å². The molecule has 3 aromatic rings. The van der Waals surface area contributed by atoms with Gasteiger partial charge in [-0.15, -0.1) is 11.3 Å². The fraction of sp³-hybridized carbons (Fsp3) is 0.381. The number of hydrogen-bond acceptors (Lipinski definition) is 12. The first-order valence-electron chi connectivity index (χ1n) is 10.9. The minimum Gasteiger partial charge on any atom is -0.756 e. The summed E-state index contributed by atoms with van der Waals surface area (Å²) in [4.78, 5) is 48.2. The fourth-order valence-electron chi connectivity index (χ4n) is 3.70. The number of hydrogen-bond donors (Lipinski definition) is 3. The van der Waals surface area contributed by atoms with Gasteiger partial charge >= 0.3 is 17.7 Å². The van der Waals surface area contributed by atoms with Crippen LogP contribution in [0.5, 0.6) is 11.5 Å². The lowest BCUT2D eigenvalue weighted by atomic mass is 10.1. The van der Waals surface area contributed by atoms with Gasteiger partial charge in [0.2, 0.25) is 6.23 Å². The number of benzene rings is 1. The fourth-order valence-corrected chi connectivity index (χ4v) is 5.08. The van der Waals surface area contributed by atoms with Crippen LogP contribution in [0, 0.1) is 0 Å². The molecule has 1 fully saturated rings. The number of carbonyl (C=O) groups is 1. The van der Waals surface area contributed by atoms with E-state index in [9.17, 15) is 32.9 Å². The van der Waals surface area contributed by atoms with Gasteiger partial charge in [-0.05, 0) is 18.2 Å². The quantitative estimate of drug-likeness (QED) is 0.305. The third-order valence-electron chi connectivity index (χ3n) is 5.50. The average molecular weight is 592 g/mol. The number of phosphoric acid groups is 1. The summed E-state index contributed by atoms with van der Waals surface area (Å²) < 4.78 is 65.6. The number of carbonyl (C=O) groups excluding carboxylic acids is 1. The minimum absolute atomic E-state index is 0.138. The molecule has 0 spiro atoms. The summed E-state index contributed by atoms with van der Waals surface area (Å²) in [5.41, 5.74) is -1.28. The predicted octanol–water partition coefficient (Wildman–Crippen LogP) is 1.59. The molecule has 3 N–H and O–H groups in total. The maximum absolute atomic E-state index is 14.5. The van der Waals surface area contributed by atoms with Crippen molar-refractivity contribution in [2.75, 3.05) is 26.1 Å². The summed E-state index contributed by atoms with van der Waals surface area (Å²) >= 11 is 1.32. The van der Waals surface area contributed by atoms with Crippen LogP contribution >= 0.6 is 19.2 Å². The molecule has 4 atom stereocenters. The van der Waals surface area contributed by atoms with Gasteiger partial charge in [0, 0.05) is 22.5 Å². The number of rotatable bonds is 9. The Morgan fingerprint density at radius 3 is 2.72 bits per heavy atom. The predicted molar refractivity (Wildman–Crippen MR) is 128 cm³/mol. The third kappa shape index (κ3) is 6.36. The molecule has 14 nitrogen and oxygen atoms in total. The van der Waals surface area contributed by atoms with Crippen LogP contribution in [0.2, 0.25) is 0 Å². The molecule has 1 saturated heterocycles. The van der Waals surface area contributed by atoms with Crippen molar-refractivity contribution in [3.8, 4) is 11.5 Å². The molecule has 0 bridgehead atoms. The molecule has 1 unspecified atom stereocenters. The summed E-state index contributed by atoms with van der Waals surface area (Å²) in [6, 6.07) is 6.29. The molecule has 3 heterocycles. The van der Waals surface area contributed by atoms with Crippen molar-refractivity contribution >= 4 is 41.2 Å². The number of anilines is 1. The van der Waals surface area contributed by atoms with E-state index in [0.29, 0.717) is 20.9 Å². The highest BCUT2D eigenvalue weighted by atomic mass is 32.1. The normalized spacial score (nSPS) is 21.9. The van der Waals surface area contributed by atoms with E-state index in [1.165, 1.54) is 25.6 Å². The van der Waals surface area contributed by atoms with Gasteiger partial charge in [-0.1, -0.05) is 0 Å². The van der Waals surface area contributed by atoms with E-state index in [-0.39, 0.29) is 12.4 Å². The zero-order valence-corrected chi connectivity index (χ0v) is 21.8. The first kappa shape index (κ1) is 28.8. The maximum Gasteiger partial charge on any atom is 0.413 e. The number of nitrogens with zero attached hydrogens (tertiary/aromatic N) is 2. The van der Waals surface area contributed by atoms with Crippen molar-refractivity contribution in [1.29, 1.82) is 0 Å². The lowest BCUT2D eigenvalue weighted by molar-refractivity contribution is -0.222. The minimum atomic E-state index is -5.28. The summed E-state index contributed by atoms with van der Waals surface area (Å²) in [6.07, 6.45) is -6.99. The Kier molecular flexibility index (Phi) is 8.22. The Balaban J connectivity index is 1.40. The smallest absolute Gasteiger partial charge is 0.413 e. The number of aliphatic hydroxyl groups excluding tert-OH is 1.